The molecule has 0 unspecified atom stereocenters. The zero-order valence-electron chi connectivity index (χ0n) is 11.4. The zero-order valence-corrected chi connectivity index (χ0v) is 11.4. The van der Waals surface area contributed by atoms with Crippen molar-refractivity contribution in [3.63, 3.8) is 0 Å². The van der Waals surface area contributed by atoms with Crippen LogP contribution in [0.15, 0.2) is 48.5 Å². The van der Waals surface area contributed by atoms with Crippen molar-refractivity contribution < 1.29 is 9.53 Å². The highest BCUT2D eigenvalue weighted by atomic mass is 16.5. The van der Waals surface area contributed by atoms with Crippen molar-refractivity contribution in [1.82, 2.24) is 0 Å². The molecule has 0 saturated carbocycles. The van der Waals surface area contributed by atoms with Crippen LogP contribution < -0.4 is 15.8 Å². The molecule has 3 N–H and O–H groups in total. The van der Waals surface area contributed by atoms with Crippen LogP contribution in [0.5, 0.6) is 5.75 Å². The Bertz CT molecular complexity index is 582. The first kappa shape index (κ1) is 13.9. The average molecular weight is 270 g/mol. The Hall–Kier alpha value is -2.49. The van der Waals surface area contributed by atoms with E-state index in [1.165, 1.54) is 0 Å². The SMILES string of the molecule is Cc1ccc(NC(=O)CCOc2ccccc2)cc1N. The summed E-state index contributed by atoms with van der Waals surface area (Å²) in [5.74, 6) is 0.670. The first-order valence-electron chi connectivity index (χ1n) is 6.49. The minimum absolute atomic E-state index is 0.0933. The number of rotatable bonds is 5. The number of nitrogens with two attached hydrogens (primary N) is 1. The molecule has 0 aliphatic carbocycles. The normalized spacial score (nSPS) is 10.1. The van der Waals surface area contributed by atoms with Gasteiger partial charge >= 0.3 is 0 Å². The van der Waals surface area contributed by atoms with Crippen LogP contribution in [0.25, 0.3) is 0 Å². The molecule has 0 heterocycles. The van der Waals surface area contributed by atoms with E-state index in [1.807, 2.05) is 49.4 Å². The van der Waals surface area contributed by atoms with Crippen LogP contribution in [0.2, 0.25) is 0 Å². The number of nitrogen functional groups attached to an aromatic ring is 1. The summed E-state index contributed by atoms with van der Waals surface area (Å²) < 4.78 is 5.47. The van der Waals surface area contributed by atoms with Gasteiger partial charge in [0.1, 0.15) is 5.75 Å². The van der Waals surface area contributed by atoms with E-state index in [0.717, 1.165) is 11.3 Å². The fourth-order valence-corrected chi connectivity index (χ4v) is 1.72. The fraction of sp³-hybridized carbons (Fsp3) is 0.188. The summed E-state index contributed by atoms with van der Waals surface area (Å²) in [4.78, 5) is 11.8. The van der Waals surface area contributed by atoms with E-state index in [0.29, 0.717) is 24.4 Å². The summed E-state index contributed by atoms with van der Waals surface area (Å²) in [5.41, 5.74) is 8.17. The van der Waals surface area contributed by atoms with E-state index in [1.54, 1.807) is 6.07 Å². The lowest BCUT2D eigenvalue weighted by molar-refractivity contribution is -0.116. The topological polar surface area (TPSA) is 64.3 Å². The van der Waals surface area contributed by atoms with Crippen LogP contribution in [0.3, 0.4) is 0 Å². The van der Waals surface area contributed by atoms with Gasteiger partial charge in [-0.05, 0) is 36.8 Å². The highest BCUT2D eigenvalue weighted by Gasteiger charge is 2.04. The third-order valence-electron chi connectivity index (χ3n) is 2.90. The number of benzene rings is 2. The molecule has 0 saturated heterocycles. The standard InChI is InChI=1S/C16H18N2O2/c1-12-7-8-13(11-15(12)17)18-16(19)9-10-20-14-5-3-2-4-6-14/h2-8,11H,9-10,17H2,1H3,(H,18,19). The molecule has 2 rings (SSSR count). The molecule has 104 valence electrons. The van der Waals surface area contributed by atoms with Gasteiger partial charge in [-0.3, -0.25) is 4.79 Å². The van der Waals surface area contributed by atoms with Crippen LogP contribution in [-0.4, -0.2) is 12.5 Å². The van der Waals surface area contributed by atoms with E-state index in [-0.39, 0.29) is 5.91 Å². The van der Waals surface area contributed by atoms with Crippen LogP contribution in [0.1, 0.15) is 12.0 Å². The molecule has 0 fully saturated rings. The molecular weight excluding hydrogens is 252 g/mol. The Balaban J connectivity index is 1.79. The Morgan fingerprint density at radius 3 is 2.65 bits per heavy atom. The molecule has 0 aliphatic rings. The predicted octanol–water partition coefficient (Wildman–Crippen LogP) is 2.98. The number of carbonyl (C=O) groups excluding carboxylic acids is 1. The number of hydrogen-bond donors (Lipinski definition) is 2. The summed E-state index contributed by atoms with van der Waals surface area (Å²) in [6.07, 6.45) is 0.294. The van der Waals surface area contributed by atoms with Crippen molar-refractivity contribution >= 4 is 17.3 Å². The molecule has 2 aromatic rings. The third-order valence-corrected chi connectivity index (χ3v) is 2.90. The summed E-state index contributed by atoms with van der Waals surface area (Å²) in [6.45, 7) is 2.27. The molecular formula is C16H18N2O2. The van der Waals surface area contributed by atoms with Crippen molar-refractivity contribution in [2.75, 3.05) is 17.7 Å². The van der Waals surface area contributed by atoms with Crippen LogP contribution in [0.4, 0.5) is 11.4 Å². The summed E-state index contributed by atoms with van der Waals surface area (Å²) in [5, 5.41) is 2.80. The number of ether oxygens (including phenoxy) is 1. The number of amides is 1. The minimum Gasteiger partial charge on any atom is -0.493 e. The van der Waals surface area contributed by atoms with Crippen molar-refractivity contribution in [1.29, 1.82) is 0 Å². The maximum absolute atomic E-state index is 11.8. The molecule has 4 nitrogen and oxygen atoms in total. The highest BCUT2D eigenvalue weighted by Crippen LogP contribution is 2.17. The van der Waals surface area contributed by atoms with Gasteiger partial charge in [0.2, 0.25) is 5.91 Å². The van der Waals surface area contributed by atoms with Crippen LogP contribution in [-0.2, 0) is 4.79 Å². The predicted molar refractivity (Wildman–Crippen MR) is 80.8 cm³/mol. The smallest absolute Gasteiger partial charge is 0.227 e. The maximum atomic E-state index is 11.8. The van der Waals surface area contributed by atoms with E-state index in [4.69, 9.17) is 10.5 Å². The second-order valence-electron chi connectivity index (χ2n) is 4.53. The van der Waals surface area contributed by atoms with Gasteiger partial charge in [0.15, 0.2) is 0 Å². The van der Waals surface area contributed by atoms with E-state index < -0.39 is 0 Å². The summed E-state index contributed by atoms with van der Waals surface area (Å²) >= 11 is 0. The number of para-hydroxylation sites is 1. The summed E-state index contributed by atoms with van der Waals surface area (Å²) in [6, 6.07) is 14.9. The second-order valence-corrected chi connectivity index (χ2v) is 4.53. The monoisotopic (exact) mass is 270 g/mol. The molecule has 1 amide bonds. The molecule has 0 spiro atoms. The molecule has 0 aromatic heterocycles. The molecule has 0 radical (unpaired) electrons. The van der Waals surface area contributed by atoms with E-state index >= 15 is 0 Å². The van der Waals surface area contributed by atoms with Crippen molar-refractivity contribution in [3.8, 4) is 5.75 Å². The van der Waals surface area contributed by atoms with E-state index in [2.05, 4.69) is 5.32 Å². The fourth-order valence-electron chi connectivity index (χ4n) is 1.72. The van der Waals surface area contributed by atoms with Gasteiger partial charge in [-0.25, -0.2) is 0 Å². The van der Waals surface area contributed by atoms with E-state index in [9.17, 15) is 4.79 Å². The molecule has 0 bridgehead atoms. The van der Waals surface area contributed by atoms with Crippen LogP contribution >= 0.6 is 0 Å². The highest BCUT2D eigenvalue weighted by molar-refractivity contribution is 5.91. The largest absolute Gasteiger partial charge is 0.493 e. The molecule has 2 aromatic carbocycles. The summed E-state index contributed by atoms with van der Waals surface area (Å²) in [7, 11) is 0. The molecule has 0 aliphatic heterocycles. The number of aryl methyl sites for hydroxylation is 1. The average Bonchev–Trinajstić information content (AvgIpc) is 2.44. The molecule has 0 atom stereocenters. The van der Waals surface area contributed by atoms with Gasteiger partial charge < -0.3 is 15.8 Å². The van der Waals surface area contributed by atoms with Crippen molar-refractivity contribution in [3.05, 3.63) is 54.1 Å². The Morgan fingerprint density at radius 2 is 1.95 bits per heavy atom. The van der Waals surface area contributed by atoms with Gasteiger partial charge in [-0.1, -0.05) is 24.3 Å². The first-order chi connectivity index (χ1) is 9.65. The maximum Gasteiger partial charge on any atom is 0.227 e. The lowest BCUT2D eigenvalue weighted by Crippen LogP contribution is -2.15. The number of anilines is 2. The van der Waals surface area contributed by atoms with Gasteiger partial charge in [0.25, 0.3) is 0 Å². The van der Waals surface area contributed by atoms with Gasteiger partial charge in [0, 0.05) is 11.4 Å². The zero-order chi connectivity index (χ0) is 14.4. The minimum atomic E-state index is -0.0933. The number of nitrogens with one attached hydrogen (secondary N) is 1. The van der Waals surface area contributed by atoms with Crippen molar-refractivity contribution in [2.45, 2.75) is 13.3 Å². The van der Waals surface area contributed by atoms with Gasteiger partial charge in [-0.15, -0.1) is 0 Å². The second kappa shape index (κ2) is 6.61. The first-order valence-corrected chi connectivity index (χ1v) is 6.49. The Labute approximate surface area is 118 Å². The lowest BCUT2D eigenvalue weighted by atomic mass is 10.2. The Morgan fingerprint density at radius 1 is 1.20 bits per heavy atom. The van der Waals surface area contributed by atoms with Crippen molar-refractivity contribution in [2.24, 2.45) is 0 Å². The van der Waals surface area contributed by atoms with Gasteiger partial charge in [0.05, 0.1) is 13.0 Å². The third kappa shape index (κ3) is 4.02. The number of hydrogen-bond acceptors (Lipinski definition) is 3. The Kier molecular flexibility index (Phi) is 4.60. The van der Waals surface area contributed by atoms with Gasteiger partial charge in [-0.2, -0.15) is 0 Å². The molecule has 4 heteroatoms. The lowest BCUT2D eigenvalue weighted by Gasteiger charge is -2.08. The molecule has 20 heavy (non-hydrogen) atoms. The number of carbonyl (C=O) groups is 1. The quantitative estimate of drug-likeness (QED) is 0.821. The van der Waals surface area contributed by atoms with Crippen LogP contribution in [0, 0.1) is 6.92 Å².